The Bertz CT molecular complexity index is 479. The lowest BCUT2D eigenvalue weighted by atomic mass is 10.1. The highest BCUT2D eigenvalue weighted by molar-refractivity contribution is 9.10. The van der Waals surface area contributed by atoms with Crippen molar-refractivity contribution < 1.29 is 19.1 Å². The third-order valence-electron chi connectivity index (χ3n) is 2.78. The standard InChI is InChI=1S/C14H17BrFNO3/c15-11-9-10(6-7-12(11)16)14(20)17-8-4-2-1-3-5-13(18)19/h6-7,9H,1-5,8H2,(H,17,20)(H,18,19). The number of halogens is 2. The Hall–Kier alpha value is -1.43. The molecule has 0 heterocycles. The van der Waals surface area contributed by atoms with E-state index in [4.69, 9.17) is 5.11 Å². The number of benzene rings is 1. The molecule has 0 saturated carbocycles. The zero-order valence-electron chi connectivity index (χ0n) is 11.0. The molecule has 0 saturated heterocycles. The molecule has 110 valence electrons. The number of carbonyl (C=O) groups is 2. The van der Waals surface area contributed by atoms with Crippen LogP contribution in [0.1, 0.15) is 42.5 Å². The lowest BCUT2D eigenvalue weighted by Gasteiger charge is -2.06. The normalized spacial score (nSPS) is 10.3. The van der Waals surface area contributed by atoms with Gasteiger partial charge in [0.2, 0.25) is 0 Å². The first kappa shape index (κ1) is 16.6. The Morgan fingerprint density at radius 3 is 2.55 bits per heavy atom. The molecule has 0 aliphatic carbocycles. The van der Waals surface area contributed by atoms with Crippen molar-refractivity contribution in [1.29, 1.82) is 0 Å². The number of rotatable bonds is 8. The van der Waals surface area contributed by atoms with Crippen LogP contribution in [-0.4, -0.2) is 23.5 Å². The highest BCUT2D eigenvalue weighted by atomic mass is 79.9. The average molecular weight is 346 g/mol. The van der Waals surface area contributed by atoms with Crippen molar-refractivity contribution in [3.63, 3.8) is 0 Å². The number of amides is 1. The zero-order valence-corrected chi connectivity index (χ0v) is 12.6. The molecule has 2 N–H and O–H groups in total. The van der Waals surface area contributed by atoms with E-state index in [2.05, 4.69) is 21.2 Å². The molecule has 1 amide bonds. The quantitative estimate of drug-likeness (QED) is 0.710. The van der Waals surface area contributed by atoms with Gasteiger partial charge in [-0.3, -0.25) is 9.59 Å². The maximum absolute atomic E-state index is 13.0. The molecule has 1 aromatic carbocycles. The number of aliphatic carboxylic acids is 1. The van der Waals surface area contributed by atoms with Gasteiger partial charge in [-0.05, 0) is 47.0 Å². The number of carboxylic acid groups (broad SMARTS) is 1. The Kier molecular flexibility index (Phi) is 7.22. The van der Waals surface area contributed by atoms with Crippen molar-refractivity contribution in [3.05, 3.63) is 34.1 Å². The number of nitrogens with one attached hydrogen (secondary N) is 1. The smallest absolute Gasteiger partial charge is 0.303 e. The molecule has 0 spiro atoms. The molecule has 1 aromatic rings. The van der Waals surface area contributed by atoms with Crippen molar-refractivity contribution in [2.75, 3.05) is 6.54 Å². The Morgan fingerprint density at radius 1 is 1.20 bits per heavy atom. The molecule has 1 rings (SSSR count). The first-order valence-electron chi connectivity index (χ1n) is 6.45. The van der Waals surface area contributed by atoms with Gasteiger partial charge >= 0.3 is 5.97 Å². The van der Waals surface area contributed by atoms with Crippen molar-refractivity contribution in [2.24, 2.45) is 0 Å². The fraction of sp³-hybridized carbons (Fsp3) is 0.429. The van der Waals surface area contributed by atoms with Crippen LogP contribution in [0.5, 0.6) is 0 Å². The van der Waals surface area contributed by atoms with Crippen molar-refractivity contribution in [3.8, 4) is 0 Å². The van der Waals surface area contributed by atoms with E-state index in [0.717, 1.165) is 19.3 Å². The molecule has 0 unspecified atom stereocenters. The molecule has 0 aliphatic heterocycles. The zero-order chi connectivity index (χ0) is 15.0. The molecule has 0 radical (unpaired) electrons. The third kappa shape index (κ3) is 6.14. The van der Waals surface area contributed by atoms with Gasteiger partial charge in [-0.25, -0.2) is 4.39 Å². The van der Waals surface area contributed by atoms with Crippen LogP contribution in [0.15, 0.2) is 22.7 Å². The first-order chi connectivity index (χ1) is 9.50. The van der Waals surface area contributed by atoms with Crippen molar-refractivity contribution in [1.82, 2.24) is 5.32 Å². The van der Waals surface area contributed by atoms with E-state index in [1.165, 1.54) is 18.2 Å². The number of hydrogen-bond acceptors (Lipinski definition) is 2. The van der Waals surface area contributed by atoms with Crippen LogP contribution >= 0.6 is 15.9 Å². The van der Waals surface area contributed by atoms with E-state index in [0.29, 0.717) is 18.5 Å². The molecular formula is C14H17BrFNO3. The lowest BCUT2D eigenvalue weighted by Crippen LogP contribution is -2.24. The fourth-order valence-corrected chi connectivity index (χ4v) is 2.07. The van der Waals surface area contributed by atoms with E-state index < -0.39 is 11.8 Å². The van der Waals surface area contributed by atoms with Crippen molar-refractivity contribution in [2.45, 2.75) is 32.1 Å². The highest BCUT2D eigenvalue weighted by Crippen LogP contribution is 2.16. The molecule has 4 nitrogen and oxygen atoms in total. The van der Waals surface area contributed by atoms with Gasteiger partial charge in [0.05, 0.1) is 4.47 Å². The molecule has 0 fully saturated rings. The average Bonchev–Trinajstić information content (AvgIpc) is 2.40. The Balaban J connectivity index is 2.20. The second-order valence-corrected chi connectivity index (χ2v) is 5.30. The Morgan fingerprint density at radius 2 is 1.90 bits per heavy atom. The van der Waals surface area contributed by atoms with Crippen molar-refractivity contribution >= 4 is 27.8 Å². The molecular weight excluding hydrogens is 329 g/mol. The predicted octanol–water partition coefficient (Wildman–Crippen LogP) is 3.35. The van der Waals surface area contributed by atoms with Gasteiger partial charge in [0.25, 0.3) is 5.91 Å². The van der Waals surface area contributed by atoms with Gasteiger partial charge in [0.1, 0.15) is 5.82 Å². The molecule has 6 heteroatoms. The van der Waals surface area contributed by atoms with Gasteiger partial charge in [-0.1, -0.05) is 12.8 Å². The molecule has 0 aliphatic rings. The number of hydrogen-bond donors (Lipinski definition) is 2. The second kappa shape index (κ2) is 8.68. The minimum atomic E-state index is -0.778. The minimum absolute atomic E-state index is 0.190. The van der Waals surface area contributed by atoms with E-state index >= 15 is 0 Å². The first-order valence-corrected chi connectivity index (χ1v) is 7.25. The van der Waals surface area contributed by atoms with Crippen LogP contribution in [0.2, 0.25) is 0 Å². The summed E-state index contributed by atoms with van der Waals surface area (Å²) < 4.78 is 13.3. The summed E-state index contributed by atoms with van der Waals surface area (Å²) in [5.41, 5.74) is 0.407. The monoisotopic (exact) mass is 345 g/mol. The number of unbranched alkanes of at least 4 members (excludes halogenated alkanes) is 3. The summed E-state index contributed by atoms with van der Waals surface area (Å²) in [4.78, 5) is 22.1. The SMILES string of the molecule is O=C(O)CCCCCCNC(=O)c1ccc(F)c(Br)c1. The maximum Gasteiger partial charge on any atom is 0.303 e. The highest BCUT2D eigenvalue weighted by Gasteiger charge is 2.07. The van der Waals surface area contributed by atoms with Gasteiger partial charge in [-0.15, -0.1) is 0 Å². The van der Waals surface area contributed by atoms with E-state index in [1.807, 2.05) is 0 Å². The third-order valence-corrected chi connectivity index (χ3v) is 3.39. The summed E-state index contributed by atoms with van der Waals surface area (Å²) in [6, 6.07) is 4.12. The fourth-order valence-electron chi connectivity index (χ4n) is 1.70. The number of carboxylic acids is 1. The topological polar surface area (TPSA) is 66.4 Å². The maximum atomic E-state index is 13.0. The predicted molar refractivity (Wildman–Crippen MR) is 77.2 cm³/mol. The van der Waals surface area contributed by atoms with Gasteiger partial charge in [-0.2, -0.15) is 0 Å². The second-order valence-electron chi connectivity index (χ2n) is 4.44. The summed E-state index contributed by atoms with van der Waals surface area (Å²) in [5, 5.41) is 11.2. The Labute approximate surface area is 125 Å². The summed E-state index contributed by atoms with van der Waals surface area (Å²) in [6.07, 6.45) is 3.36. The summed E-state index contributed by atoms with van der Waals surface area (Å²) >= 11 is 3.03. The lowest BCUT2D eigenvalue weighted by molar-refractivity contribution is -0.137. The van der Waals surface area contributed by atoms with E-state index in [9.17, 15) is 14.0 Å². The summed E-state index contributed by atoms with van der Waals surface area (Å²) in [7, 11) is 0. The van der Waals surface area contributed by atoms with Crippen LogP contribution in [0.3, 0.4) is 0 Å². The van der Waals surface area contributed by atoms with Gasteiger partial charge in [0.15, 0.2) is 0 Å². The van der Waals surface area contributed by atoms with Crippen LogP contribution in [-0.2, 0) is 4.79 Å². The summed E-state index contributed by atoms with van der Waals surface area (Å²) in [6.45, 7) is 0.529. The summed E-state index contributed by atoms with van der Waals surface area (Å²) in [5.74, 6) is -1.42. The minimum Gasteiger partial charge on any atom is -0.481 e. The molecule has 0 atom stereocenters. The molecule has 0 bridgehead atoms. The van der Waals surface area contributed by atoms with Crippen LogP contribution in [0.4, 0.5) is 4.39 Å². The molecule has 0 aromatic heterocycles. The van der Waals surface area contributed by atoms with Crippen LogP contribution in [0, 0.1) is 5.82 Å². The van der Waals surface area contributed by atoms with E-state index in [1.54, 1.807) is 0 Å². The number of carbonyl (C=O) groups excluding carboxylic acids is 1. The molecule has 20 heavy (non-hydrogen) atoms. The van der Waals surface area contributed by atoms with Crippen LogP contribution < -0.4 is 5.32 Å². The largest absolute Gasteiger partial charge is 0.481 e. The van der Waals surface area contributed by atoms with Gasteiger partial charge in [0, 0.05) is 18.5 Å². The van der Waals surface area contributed by atoms with Gasteiger partial charge < -0.3 is 10.4 Å². The van der Waals surface area contributed by atoms with Crippen LogP contribution in [0.25, 0.3) is 0 Å². The van der Waals surface area contributed by atoms with E-state index in [-0.39, 0.29) is 16.8 Å².